The van der Waals surface area contributed by atoms with E-state index in [0.717, 1.165) is 38.5 Å². The largest absolute Gasteiger partial charge is 0.790 e. The molecule has 0 rings (SSSR count). The second kappa shape index (κ2) is 19.3. The van der Waals surface area contributed by atoms with E-state index >= 15 is 0 Å². The summed E-state index contributed by atoms with van der Waals surface area (Å²) in [7, 11) is -5.12. The molecule has 0 saturated carbocycles. The lowest BCUT2D eigenvalue weighted by Crippen LogP contribution is -2.26. The Labute approximate surface area is 176 Å². The molecule has 0 amide bonds. The van der Waals surface area contributed by atoms with Crippen molar-refractivity contribution in [2.45, 2.75) is 103 Å². The van der Waals surface area contributed by atoms with E-state index in [4.69, 9.17) is 4.74 Å². The fraction of sp³-hybridized carbons (Fsp3) is 0.857. The predicted octanol–water partition coefficient (Wildman–Crippen LogP) is 3.77. The number of allylic oxidation sites excluding steroid dienone is 2. The van der Waals surface area contributed by atoms with Crippen molar-refractivity contribution in [1.29, 1.82) is 0 Å². The summed E-state index contributed by atoms with van der Waals surface area (Å²) in [5.41, 5.74) is 0. The maximum absolute atomic E-state index is 11.5. The van der Waals surface area contributed by atoms with E-state index in [9.17, 15) is 24.3 Å². The SMILES string of the molecule is CCCCCCCC/C=C\CCCCCCCC(=O)OC[C@@H](O)COP(=O)([O-])[O-]. The molecule has 1 atom stereocenters. The van der Waals surface area contributed by atoms with E-state index in [-0.39, 0.29) is 13.0 Å². The molecule has 0 spiro atoms. The second-order valence-corrected chi connectivity index (χ2v) is 8.57. The van der Waals surface area contributed by atoms with Crippen LogP contribution in [0.15, 0.2) is 12.2 Å². The third-order valence-electron chi connectivity index (χ3n) is 4.50. The highest BCUT2D eigenvalue weighted by molar-refractivity contribution is 7.43. The van der Waals surface area contributed by atoms with Crippen LogP contribution in [0, 0.1) is 0 Å². The van der Waals surface area contributed by atoms with Gasteiger partial charge in [-0.2, -0.15) is 0 Å². The molecular weight excluding hydrogens is 395 g/mol. The molecule has 7 nitrogen and oxygen atoms in total. The molecule has 0 aromatic carbocycles. The molecule has 1 N–H and O–H groups in total. The van der Waals surface area contributed by atoms with Gasteiger partial charge in [0.25, 0.3) is 0 Å². The Bertz CT molecular complexity index is 462. The lowest BCUT2D eigenvalue weighted by atomic mass is 10.1. The van der Waals surface area contributed by atoms with Crippen molar-refractivity contribution in [2.24, 2.45) is 0 Å². The molecule has 0 saturated heterocycles. The van der Waals surface area contributed by atoms with Crippen LogP contribution in [0.3, 0.4) is 0 Å². The minimum Gasteiger partial charge on any atom is -0.790 e. The highest BCUT2D eigenvalue weighted by atomic mass is 31.2. The summed E-state index contributed by atoms with van der Waals surface area (Å²) in [5.74, 6) is -0.450. The molecule has 0 heterocycles. The Morgan fingerprint density at radius 3 is 1.97 bits per heavy atom. The number of phosphoric ester groups is 1. The number of aliphatic hydroxyl groups is 1. The van der Waals surface area contributed by atoms with Gasteiger partial charge in [0.05, 0.1) is 14.4 Å². The molecule has 0 aliphatic carbocycles. The molecule has 0 fully saturated rings. The summed E-state index contributed by atoms with van der Waals surface area (Å²) >= 11 is 0. The molecule has 0 aromatic rings. The van der Waals surface area contributed by atoms with Gasteiger partial charge in [0.15, 0.2) is 0 Å². The van der Waals surface area contributed by atoms with Crippen molar-refractivity contribution < 1.29 is 33.5 Å². The van der Waals surface area contributed by atoms with E-state index < -0.39 is 26.5 Å². The standard InChI is InChI=1S/C21H41O7P/c1-2-3-4-5-6-7-8-9-10-11-12-13-14-15-16-17-21(23)27-18-20(22)19-28-29(24,25)26/h9-10,20,22H,2-8,11-19H2,1H3,(H2,24,25,26)/p-2/b10-9-/t20-/m1/s1. The van der Waals surface area contributed by atoms with Crippen LogP contribution in [-0.2, 0) is 18.6 Å². The van der Waals surface area contributed by atoms with Gasteiger partial charge in [-0.1, -0.05) is 70.4 Å². The van der Waals surface area contributed by atoms with Crippen LogP contribution in [0.25, 0.3) is 0 Å². The quantitative estimate of drug-likeness (QED) is 0.134. The molecule has 0 radical (unpaired) electrons. The molecule has 8 heteroatoms. The molecular formula is C21H39O7P-2. The van der Waals surface area contributed by atoms with Gasteiger partial charge in [-0.15, -0.1) is 0 Å². The van der Waals surface area contributed by atoms with Crippen molar-refractivity contribution in [3.8, 4) is 0 Å². The molecule has 0 unspecified atom stereocenters. The zero-order chi connectivity index (χ0) is 21.8. The smallest absolute Gasteiger partial charge is 0.305 e. The summed E-state index contributed by atoms with van der Waals surface area (Å²) in [6, 6.07) is 0. The van der Waals surface area contributed by atoms with Gasteiger partial charge in [0.2, 0.25) is 0 Å². The van der Waals surface area contributed by atoms with Crippen molar-refractivity contribution in [1.82, 2.24) is 0 Å². The molecule has 172 valence electrons. The highest BCUT2D eigenvalue weighted by Gasteiger charge is 2.09. The molecule has 0 aliphatic heterocycles. The van der Waals surface area contributed by atoms with Crippen LogP contribution in [0.5, 0.6) is 0 Å². The fourth-order valence-corrected chi connectivity index (χ4v) is 3.18. The molecule has 0 aromatic heterocycles. The van der Waals surface area contributed by atoms with E-state index in [2.05, 4.69) is 23.6 Å². The zero-order valence-electron chi connectivity index (χ0n) is 17.9. The first-order valence-corrected chi connectivity index (χ1v) is 12.5. The maximum Gasteiger partial charge on any atom is 0.305 e. The number of carbonyl (C=O) groups is 1. The van der Waals surface area contributed by atoms with Crippen LogP contribution < -0.4 is 9.79 Å². The lowest BCUT2D eigenvalue weighted by molar-refractivity contribution is -0.342. The number of hydrogen-bond donors (Lipinski definition) is 1. The van der Waals surface area contributed by atoms with Crippen molar-refractivity contribution in [3.05, 3.63) is 12.2 Å². The number of phosphoric acid groups is 1. The Kier molecular flexibility index (Phi) is 18.8. The van der Waals surface area contributed by atoms with Crippen molar-refractivity contribution in [2.75, 3.05) is 13.2 Å². The van der Waals surface area contributed by atoms with E-state index in [1.807, 2.05) is 0 Å². The van der Waals surface area contributed by atoms with Gasteiger partial charge in [-0.3, -0.25) is 4.79 Å². The monoisotopic (exact) mass is 434 g/mol. The Balaban J connectivity index is 3.38. The first-order chi connectivity index (χ1) is 13.8. The normalized spacial score (nSPS) is 13.1. The average Bonchev–Trinajstić information content (AvgIpc) is 2.67. The third kappa shape index (κ3) is 23.4. The van der Waals surface area contributed by atoms with Crippen molar-refractivity contribution in [3.63, 3.8) is 0 Å². The highest BCUT2D eigenvalue weighted by Crippen LogP contribution is 2.24. The zero-order valence-corrected chi connectivity index (χ0v) is 18.8. The summed E-state index contributed by atoms with van der Waals surface area (Å²) in [5, 5.41) is 9.36. The van der Waals surface area contributed by atoms with Gasteiger partial charge in [-0.05, 0) is 32.1 Å². The second-order valence-electron chi connectivity index (χ2n) is 7.41. The fourth-order valence-electron chi connectivity index (χ4n) is 2.83. The Morgan fingerprint density at radius 1 is 0.897 bits per heavy atom. The van der Waals surface area contributed by atoms with Gasteiger partial charge in [0.1, 0.15) is 12.7 Å². The van der Waals surface area contributed by atoms with Crippen LogP contribution in [0.4, 0.5) is 0 Å². The number of ether oxygens (including phenoxy) is 1. The van der Waals surface area contributed by atoms with Gasteiger partial charge >= 0.3 is 5.97 Å². The maximum atomic E-state index is 11.5. The first-order valence-electron chi connectivity index (χ1n) is 11.0. The van der Waals surface area contributed by atoms with Crippen molar-refractivity contribution >= 4 is 13.8 Å². The van der Waals surface area contributed by atoms with Gasteiger partial charge < -0.3 is 28.7 Å². The van der Waals surface area contributed by atoms with Crippen LogP contribution >= 0.6 is 7.82 Å². The molecule has 0 aliphatic rings. The minimum absolute atomic E-state index is 0.257. The summed E-state index contributed by atoms with van der Waals surface area (Å²) in [4.78, 5) is 32.1. The van der Waals surface area contributed by atoms with E-state index in [1.165, 1.54) is 44.9 Å². The first kappa shape index (κ1) is 28.3. The van der Waals surface area contributed by atoms with Crippen LogP contribution in [0.1, 0.15) is 96.8 Å². The number of unbranched alkanes of at least 4 members (excludes halogenated alkanes) is 11. The number of esters is 1. The molecule has 29 heavy (non-hydrogen) atoms. The topological polar surface area (TPSA) is 119 Å². The van der Waals surface area contributed by atoms with Crippen LogP contribution in [-0.4, -0.2) is 30.4 Å². The summed E-state index contributed by atoms with van der Waals surface area (Å²) in [6.45, 7) is 1.15. The number of rotatable bonds is 20. The van der Waals surface area contributed by atoms with E-state index in [0.29, 0.717) is 0 Å². The summed E-state index contributed by atoms with van der Waals surface area (Å²) < 4.78 is 19.0. The average molecular weight is 435 g/mol. The lowest BCUT2D eigenvalue weighted by Gasteiger charge is -2.29. The third-order valence-corrected chi connectivity index (χ3v) is 4.97. The van der Waals surface area contributed by atoms with Gasteiger partial charge in [0, 0.05) is 6.42 Å². The number of aliphatic hydroxyl groups excluding tert-OH is 1. The number of carbonyl (C=O) groups excluding carboxylic acids is 1. The molecule has 0 bridgehead atoms. The summed E-state index contributed by atoms with van der Waals surface area (Å²) in [6.07, 6.45) is 18.8. The Hall–Kier alpha value is -0.720. The van der Waals surface area contributed by atoms with Crippen LogP contribution in [0.2, 0.25) is 0 Å². The minimum atomic E-state index is -5.12. The predicted molar refractivity (Wildman–Crippen MR) is 110 cm³/mol. The number of hydrogen-bond acceptors (Lipinski definition) is 7. The van der Waals surface area contributed by atoms with E-state index in [1.54, 1.807) is 0 Å². The Morgan fingerprint density at radius 2 is 1.41 bits per heavy atom. The van der Waals surface area contributed by atoms with Gasteiger partial charge in [-0.25, -0.2) is 0 Å².